The van der Waals surface area contributed by atoms with Crippen LogP contribution in [-0.2, 0) is 4.79 Å². The molecule has 2 N–H and O–H groups in total. The molecule has 0 radical (unpaired) electrons. The number of thiophene rings is 1. The van der Waals surface area contributed by atoms with Gasteiger partial charge in [0.25, 0.3) is 0 Å². The number of ketones is 1. The van der Waals surface area contributed by atoms with Crippen molar-refractivity contribution in [3.63, 3.8) is 0 Å². The number of hydrogen-bond acceptors (Lipinski definition) is 7. The lowest BCUT2D eigenvalue weighted by molar-refractivity contribution is -0.114. The summed E-state index contributed by atoms with van der Waals surface area (Å²) in [5.41, 5.74) is 1.50. The highest BCUT2D eigenvalue weighted by Gasteiger charge is 2.13. The van der Waals surface area contributed by atoms with Crippen molar-refractivity contribution in [1.29, 1.82) is 0 Å². The molecule has 2 heterocycles. The third-order valence-corrected chi connectivity index (χ3v) is 5.21. The Morgan fingerprint density at radius 3 is 2.92 bits per heavy atom. The summed E-state index contributed by atoms with van der Waals surface area (Å²) >= 11 is 2.88. The van der Waals surface area contributed by atoms with Crippen LogP contribution in [0.2, 0.25) is 0 Å². The first-order valence-corrected chi connectivity index (χ1v) is 8.86. The SMILES string of the molecule is CC(=O)Nc1cc(C(=O)CSc2ncnc3ccsc23)ccc1O. The van der Waals surface area contributed by atoms with Gasteiger partial charge in [0.15, 0.2) is 5.78 Å². The number of anilines is 1. The molecule has 6 nitrogen and oxygen atoms in total. The summed E-state index contributed by atoms with van der Waals surface area (Å²) < 4.78 is 0.958. The van der Waals surface area contributed by atoms with E-state index in [1.54, 1.807) is 0 Å². The van der Waals surface area contributed by atoms with Crippen molar-refractivity contribution in [2.75, 3.05) is 11.1 Å². The molecule has 122 valence electrons. The van der Waals surface area contributed by atoms with Crippen LogP contribution in [0.15, 0.2) is 41.0 Å². The minimum atomic E-state index is -0.314. The molecule has 3 rings (SSSR count). The Labute approximate surface area is 145 Å². The Morgan fingerprint density at radius 1 is 1.29 bits per heavy atom. The Hall–Kier alpha value is -2.45. The molecule has 8 heteroatoms. The maximum absolute atomic E-state index is 12.4. The van der Waals surface area contributed by atoms with E-state index in [1.807, 2.05) is 11.4 Å². The smallest absolute Gasteiger partial charge is 0.221 e. The number of amides is 1. The molecule has 0 fully saturated rings. The number of nitrogens with one attached hydrogen (secondary N) is 1. The van der Waals surface area contributed by atoms with Crippen LogP contribution in [-0.4, -0.2) is 32.5 Å². The number of hydrogen-bond donors (Lipinski definition) is 2. The molecule has 0 spiro atoms. The molecule has 0 saturated carbocycles. The number of benzene rings is 1. The number of thioether (sulfide) groups is 1. The van der Waals surface area contributed by atoms with E-state index in [4.69, 9.17) is 0 Å². The summed E-state index contributed by atoms with van der Waals surface area (Å²) in [6.07, 6.45) is 1.48. The standard InChI is InChI=1S/C16H13N3O3S2/c1-9(20)19-12-6-10(2-3-13(12)21)14(22)7-24-16-15-11(4-5-23-15)17-8-18-16/h2-6,8,21H,7H2,1H3,(H,19,20). The van der Waals surface area contributed by atoms with Crippen molar-refractivity contribution in [2.45, 2.75) is 11.9 Å². The molecular weight excluding hydrogens is 346 g/mol. The van der Waals surface area contributed by atoms with Gasteiger partial charge in [0.1, 0.15) is 17.1 Å². The summed E-state index contributed by atoms with van der Waals surface area (Å²) in [6, 6.07) is 6.31. The van der Waals surface area contributed by atoms with Gasteiger partial charge in [-0.1, -0.05) is 11.8 Å². The summed E-state index contributed by atoms with van der Waals surface area (Å²) in [5, 5.41) is 14.9. The van der Waals surface area contributed by atoms with Crippen LogP contribution in [0.4, 0.5) is 5.69 Å². The average Bonchev–Trinajstić information content (AvgIpc) is 3.03. The monoisotopic (exact) mass is 359 g/mol. The molecule has 0 unspecified atom stereocenters. The van der Waals surface area contributed by atoms with E-state index in [0.29, 0.717) is 5.56 Å². The summed E-state index contributed by atoms with van der Waals surface area (Å²) in [4.78, 5) is 31.9. The maximum atomic E-state index is 12.4. The predicted molar refractivity (Wildman–Crippen MR) is 94.9 cm³/mol. The van der Waals surface area contributed by atoms with Gasteiger partial charge in [-0.25, -0.2) is 9.97 Å². The normalized spacial score (nSPS) is 10.7. The molecule has 0 aliphatic heterocycles. The van der Waals surface area contributed by atoms with Crippen LogP contribution in [0.1, 0.15) is 17.3 Å². The first-order chi connectivity index (χ1) is 11.5. The Kier molecular flexibility index (Phi) is 4.77. The molecule has 0 saturated heterocycles. The van der Waals surface area contributed by atoms with Crippen LogP contribution in [0.25, 0.3) is 10.2 Å². The van der Waals surface area contributed by atoms with Crippen molar-refractivity contribution in [2.24, 2.45) is 0 Å². The summed E-state index contributed by atoms with van der Waals surface area (Å²) in [6.45, 7) is 1.34. The van der Waals surface area contributed by atoms with Gasteiger partial charge in [0, 0.05) is 12.5 Å². The average molecular weight is 359 g/mol. The highest BCUT2D eigenvalue weighted by molar-refractivity contribution is 8.00. The highest BCUT2D eigenvalue weighted by atomic mass is 32.2. The minimum Gasteiger partial charge on any atom is -0.506 e. The van der Waals surface area contributed by atoms with E-state index in [9.17, 15) is 14.7 Å². The number of phenols is 1. The topological polar surface area (TPSA) is 92.2 Å². The van der Waals surface area contributed by atoms with Crippen LogP contribution in [0, 0.1) is 0 Å². The molecule has 2 aromatic heterocycles. The molecule has 0 aliphatic carbocycles. The molecule has 0 atom stereocenters. The van der Waals surface area contributed by atoms with Crippen LogP contribution < -0.4 is 5.32 Å². The van der Waals surface area contributed by atoms with E-state index < -0.39 is 0 Å². The molecule has 3 aromatic rings. The number of fused-ring (bicyclic) bond motifs is 1. The van der Waals surface area contributed by atoms with Crippen LogP contribution in [0.3, 0.4) is 0 Å². The zero-order valence-electron chi connectivity index (χ0n) is 12.6. The van der Waals surface area contributed by atoms with E-state index in [2.05, 4.69) is 15.3 Å². The van der Waals surface area contributed by atoms with Gasteiger partial charge in [-0.05, 0) is 29.6 Å². The van der Waals surface area contributed by atoms with Crippen molar-refractivity contribution < 1.29 is 14.7 Å². The van der Waals surface area contributed by atoms with Gasteiger partial charge in [0.2, 0.25) is 5.91 Å². The Bertz CT molecular complexity index is 924. The number of Topliss-reactive ketones (excluding diaryl/α,β-unsaturated/α-hetero) is 1. The summed E-state index contributed by atoms with van der Waals surface area (Å²) in [7, 11) is 0. The fourth-order valence-corrected chi connectivity index (χ4v) is 3.93. The van der Waals surface area contributed by atoms with E-state index in [0.717, 1.165) is 15.2 Å². The number of nitrogens with zero attached hydrogens (tertiary/aromatic N) is 2. The lowest BCUT2D eigenvalue weighted by Gasteiger charge is -2.07. The number of aromatic nitrogens is 2. The van der Waals surface area contributed by atoms with E-state index in [1.165, 1.54) is 54.5 Å². The number of rotatable bonds is 5. The second-order valence-corrected chi connectivity index (χ2v) is 6.82. The lowest BCUT2D eigenvalue weighted by atomic mass is 10.1. The number of phenolic OH excluding ortho intramolecular Hbond substituents is 1. The van der Waals surface area contributed by atoms with Crippen LogP contribution in [0.5, 0.6) is 5.75 Å². The predicted octanol–water partition coefficient (Wildman–Crippen LogP) is 3.33. The first kappa shape index (κ1) is 16.4. The third-order valence-electron chi connectivity index (χ3n) is 3.18. The highest BCUT2D eigenvalue weighted by Crippen LogP contribution is 2.30. The molecule has 24 heavy (non-hydrogen) atoms. The molecule has 1 amide bonds. The van der Waals surface area contributed by atoms with Crippen LogP contribution >= 0.6 is 23.1 Å². The van der Waals surface area contributed by atoms with Gasteiger partial charge >= 0.3 is 0 Å². The lowest BCUT2D eigenvalue weighted by Crippen LogP contribution is -2.08. The summed E-state index contributed by atoms with van der Waals surface area (Å²) in [5.74, 6) is -0.306. The Morgan fingerprint density at radius 2 is 2.12 bits per heavy atom. The fourth-order valence-electron chi connectivity index (χ4n) is 2.09. The molecule has 0 bridgehead atoms. The number of carbonyl (C=O) groups excluding carboxylic acids is 2. The zero-order valence-corrected chi connectivity index (χ0v) is 14.3. The van der Waals surface area contributed by atoms with E-state index in [-0.39, 0.29) is 28.9 Å². The van der Waals surface area contributed by atoms with E-state index >= 15 is 0 Å². The second-order valence-electron chi connectivity index (χ2n) is 4.94. The van der Waals surface area contributed by atoms with Crippen molar-refractivity contribution in [1.82, 2.24) is 9.97 Å². The van der Waals surface area contributed by atoms with Crippen molar-refractivity contribution in [3.05, 3.63) is 41.5 Å². The van der Waals surface area contributed by atoms with Gasteiger partial charge in [0.05, 0.1) is 21.7 Å². The zero-order chi connectivity index (χ0) is 17.1. The minimum absolute atomic E-state index is 0.0782. The molecule has 1 aromatic carbocycles. The van der Waals surface area contributed by atoms with Crippen molar-refractivity contribution in [3.8, 4) is 5.75 Å². The second kappa shape index (κ2) is 6.98. The third kappa shape index (κ3) is 3.55. The van der Waals surface area contributed by atoms with Gasteiger partial charge in [-0.2, -0.15) is 0 Å². The van der Waals surface area contributed by atoms with Gasteiger partial charge in [-0.3, -0.25) is 9.59 Å². The maximum Gasteiger partial charge on any atom is 0.221 e. The Balaban J connectivity index is 1.75. The fraction of sp³-hybridized carbons (Fsp3) is 0.125. The largest absolute Gasteiger partial charge is 0.506 e. The van der Waals surface area contributed by atoms with Gasteiger partial charge < -0.3 is 10.4 Å². The quantitative estimate of drug-likeness (QED) is 0.314. The molecule has 0 aliphatic rings. The number of aromatic hydroxyl groups is 1. The number of carbonyl (C=O) groups is 2. The van der Waals surface area contributed by atoms with Crippen molar-refractivity contribution >= 4 is 50.7 Å². The molecular formula is C16H13N3O3S2. The van der Waals surface area contributed by atoms with Gasteiger partial charge in [-0.15, -0.1) is 11.3 Å². The first-order valence-electron chi connectivity index (χ1n) is 6.99.